The van der Waals surface area contributed by atoms with E-state index in [1.54, 1.807) is 6.07 Å². The van der Waals surface area contributed by atoms with E-state index in [1.165, 1.54) is 11.3 Å². The normalized spacial score (nSPS) is 19.3. The van der Waals surface area contributed by atoms with E-state index in [0.717, 1.165) is 19.4 Å². The van der Waals surface area contributed by atoms with Gasteiger partial charge in [0.1, 0.15) is 5.75 Å². The van der Waals surface area contributed by atoms with Crippen molar-refractivity contribution in [2.45, 2.75) is 26.7 Å². The maximum Gasteiger partial charge on any atom is 0.116 e. The molecule has 0 fully saturated rings. The zero-order valence-corrected chi connectivity index (χ0v) is 8.80. The second kappa shape index (κ2) is 3.19. The van der Waals surface area contributed by atoms with Crippen LogP contribution in [0.15, 0.2) is 18.2 Å². The van der Waals surface area contributed by atoms with Gasteiger partial charge in [0.05, 0.1) is 0 Å². The summed E-state index contributed by atoms with van der Waals surface area (Å²) < 4.78 is 0. The molecule has 0 amide bonds. The van der Waals surface area contributed by atoms with Crippen LogP contribution in [-0.2, 0) is 6.42 Å². The molecule has 1 heterocycles. The Balaban J connectivity index is 2.30. The third-order valence-electron chi connectivity index (χ3n) is 2.92. The largest absolute Gasteiger partial charge is 0.508 e. The van der Waals surface area contributed by atoms with E-state index in [2.05, 4.69) is 19.2 Å². The van der Waals surface area contributed by atoms with Gasteiger partial charge in [-0.3, -0.25) is 0 Å². The van der Waals surface area contributed by atoms with Gasteiger partial charge in [0.2, 0.25) is 0 Å². The van der Waals surface area contributed by atoms with Crippen LogP contribution in [0.25, 0.3) is 0 Å². The fourth-order valence-corrected chi connectivity index (χ4v) is 1.86. The molecule has 0 saturated carbocycles. The minimum atomic E-state index is 0.342. The molecule has 14 heavy (non-hydrogen) atoms. The van der Waals surface area contributed by atoms with E-state index in [0.29, 0.717) is 11.2 Å². The van der Waals surface area contributed by atoms with Crippen LogP contribution in [0.4, 0.5) is 5.69 Å². The molecule has 2 N–H and O–H groups in total. The number of benzene rings is 1. The molecule has 0 unspecified atom stereocenters. The Bertz CT molecular complexity index is 344. The smallest absolute Gasteiger partial charge is 0.116 e. The zero-order valence-electron chi connectivity index (χ0n) is 8.80. The lowest BCUT2D eigenvalue weighted by molar-refractivity contribution is 0.365. The molecule has 0 spiro atoms. The summed E-state index contributed by atoms with van der Waals surface area (Å²) in [6.45, 7) is 5.54. The third-order valence-corrected chi connectivity index (χ3v) is 2.92. The Morgan fingerprint density at radius 1 is 1.36 bits per heavy atom. The molecule has 2 nitrogen and oxygen atoms in total. The fraction of sp³-hybridized carbons (Fsp3) is 0.500. The number of aryl methyl sites for hydroxylation is 1. The number of phenols is 1. The topological polar surface area (TPSA) is 32.3 Å². The van der Waals surface area contributed by atoms with Crippen LogP contribution in [0.2, 0.25) is 0 Å². The molecule has 2 rings (SSSR count). The minimum Gasteiger partial charge on any atom is -0.508 e. The van der Waals surface area contributed by atoms with Crippen LogP contribution in [0.5, 0.6) is 5.75 Å². The summed E-state index contributed by atoms with van der Waals surface area (Å²) in [7, 11) is 0. The first-order chi connectivity index (χ1) is 6.57. The number of nitrogens with one attached hydrogen (secondary N) is 1. The Morgan fingerprint density at radius 3 is 2.93 bits per heavy atom. The summed E-state index contributed by atoms with van der Waals surface area (Å²) in [4.78, 5) is 0. The lowest BCUT2D eigenvalue weighted by Crippen LogP contribution is -2.21. The quantitative estimate of drug-likeness (QED) is 0.618. The van der Waals surface area contributed by atoms with Crippen molar-refractivity contribution >= 4 is 5.69 Å². The molecule has 76 valence electrons. The fourth-order valence-electron chi connectivity index (χ4n) is 1.86. The summed E-state index contributed by atoms with van der Waals surface area (Å²) in [5.74, 6) is 0.366. The van der Waals surface area contributed by atoms with Crippen molar-refractivity contribution in [1.29, 1.82) is 0 Å². The second-order valence-electron chi connectivity index (χ2n) is 4.86. The Hall–Kier alpha value is -1.18. The van der Waals surface area contributed by atoms with Gasteiger partial charge in [0.25, 0.3) is 0 Å². The first kappa shape index (κ1) is 9.38. The summed E-state index contributed by atoms with van der Waals surface area (Å²) in [5, 5.41) is 12.8. The van der Waals surface area contributed by atoms with Gasteiger partial charge in [0, 0.05) is 12.2 Å². The van der Waals surface area contributed by atoms with Crippen LogP contribution in [-0.4, -0.2) is 11.7 Å². The molecule has 1 aliphatic rings. The highest BCUT2D eigenvalue weighted by atomic mass is 16.3. The average molecular weight is 191 g/mol. The van der Waals surface area contributed by atoms with Crippen LogP contribution in [0, 0.1) is 5.41 Å². The Labute approximate surface area is 85.0 Å². The van der Waals surface area contributed by atoms with E-state index >= 15 is 0 Å². The van der Waals surface area contributed by atoms with E-state index in [1.807, 2.05) is 12.1 Å². The summed E-state index contributed by atoms with van der Waals surface area (Å²) in [6.07, 6.45) is 2.21. The van der Waals surface area contributed by atoms with E-state index < -0.39 is 0 Å². The first-order valence-corrected chi connectivity index (χ1v) is 5.13. The minimum absolute atomic E-state index is 0.342. The number of phenolic OH excluding ortho intramolecular Hbond substituents is 1. The van der Waals surface area contributed by atoms with Crippen molar-refractivity contribution in [3.05, 3.63) is 23.8 Å². The predicted octanol–water partition coefficient (Wildman–Crippen LogP) is 2.78. The summed E-state index contributed by atoms with van der Waals surface area (Å²) >= 11 is 0. The zero-order chi connectivity index (χ0) is 10.2. The van der Waals surface area contributed by atoms with Crippen molar-refractivity contribution < 1.29 is 5.11 Å². The highest BCUT2D eigenvalue weighted by molar-refractivity contribution is 5.55. The van der Waals surface area contributed by atoms with Gasteiger partial charge in [0.15, 0.2) is 0 Å². The molecule has 0 saturated heterocycles. The standard InChI is InChI=1S/C12H17NO/c1-12(2)6-5-9-7-10(14)3-4-11(9)13-8-12/h3-4,7,13-14H,5-6,8H2,1-2H3. The molecule has 0 aromatic heterocycles. The lowest BCUT2D eigenvalue weighted by atomic mass is 9.87. The van der Waals surface area contributed by atoms with Crippen molar-refractivity contribution in [3.8, 4) is 5.75 Å². The number of anilines is 1. The van der Waals surface area contributed by atoms with Gasteiger partial charge >= 0.3 is 0 Å². The lowest BCUT2D eigenvalue weighted by Gasteiger charge is -2.21. The number of rotatable bonds is 0. The maximum absolute atomic E-state index is 9.38. The highest BCUT2D eigenvalue weighted by Gasteiger charge is 2.21. The highest BCUT2D eigenvalue weighted by Crippen LogP contribution is 2.32. The van der Waals surface area contributed by atoms with E-state index in [4.69, 9.17) is 0 Å². The monoisotopic (exact) mass is 191 g/mol. The van der Waals surface area contributed by atoms with Gasteiger partial charge in [-0.15, -0.1) is 0 Å². The van der Waals surface area contributed by atoms with Gasteiger partial charge in [-0.25, -0.2) is 0 Å². The molecule has 1 aromatic carbocycles. The van der Waals surface area contributed by atoms with Gasteiger partial charge in [-0.2, -0.15) is 0 Å². The van der Waals surface area contributed by atoms with Crippen LogP contribution in [0.1, 0.15) is 25.8 Å². The second-order valence-corrected chi connectivity index (χ2v) is 4.86. The predicted molar refractivity (Wildman–Crippen MR) is 58.7 cm³/mol. The van der Waals surface area contributed by atoms with Gasteiger partial charge in [-0.05, 0) is 42.0 Å². The molecule has 1 aromatic rings. The molecule has 1 aliphatic heterocycles. The first-order valence-electron chi connectivity index (χ1n) is 5.13. The van der Waals surface area contributed by atoms with Crippen molar-refractivity contribution in [1.82, 2.24) is 0 Å². The SMILES string of the molecule is CC1(C)CCc2cc(O)ccc2NC1. The van der Waals surface area contributed by atoms with Crippen LogP contribution < -0.4 is 5.32 Å². The van der Waals surface area contributed by atoms with Crippen LogP contribution in [0.3, 0.4) is 0 Å². The van der Waals surface area contributed by atoms with Crippen molar-refractivity contribution in [2.75, 3.05) is 11.9 Å². The molecule has 2 heteroatoms. The van der Waals surface area contributed by atoms with Crippen molar-refractivity contribution in [3.63, 3.8) is 0 Å². The number of hydrogen-bond acceptors (Lipinski definition) is 2. The van der Waals surface area contributed by atoms with E-state index in [9.17, 15) is 5.11 Å². The average Bonchev–Trinajstić information content (AvgIpc) is 2.26. The Morgan fingerprint density at radius 2 is 2.14 bits per heavy atom. The Kier molecular flexibility index (Phi) is 2.14. The van der Waals surface area contributed by atoms with Gasteiger partial charge in [-0.1, -0.05) is 13.8 Å². The molecule has 0 atom stereocenters. The molecular weight excluding hydrogens is 174 g/mol. The van der Waals surface area contributed by atoms with E-state index in [-0.39, 0.29) is 0 Å². The number of aromatic hydroxyl groups is 1. The van der Waals surface area contributed by atoms with Gasteiger partial charge < -0.3 is 10.4 Å². The maximum atomic E-state index is 9.38. The van der Waals surface area contributed by atoms with Crippen LogP contribution >= 0.6 is 0 Å². The molecule has 0 bridgehead atoms. The van der Waals surface area contributed by atoms with Crippen molar-refractivity contribution in [2.24, 2.45) is 5.41 Å². The molecule has 0 aliphatic carbocycles. The summed E-state index contributed by atoms with van der Waals surface area (Å²) in [6, 6.07) is 5.57. The molecule has 0 radical (unpaired) electrons. The number of hydrogen-bond donors (Lipinski definition) is 2. The number of fused-ring (bicyclic) bond motifs is 1. The third kappa shape index (κ3) is 1.84. The summed E-state index contributed by atoms with van der Waals surface area (Å²) in [5.41, 5.74) is 2.75. The molecular formula is C12H17NO.